The molecular weight excluding hydrogens is 754 g/mol. The molecule has 1 aromatic heterocycles. The van der Waals surface area contributed by atoms with E-state index < -0.39 is 56.2 Å². The molecule has 1 aliphatic carbocycles. The number of nitrogens with zero attached hydrogens (tertiary/aromatic N) is 3. The van der Waals surface area contributed by atoms with Crippen LogP contribution in [0, 0.1) is 12.7 Å². The Labute approximate surface area is 333 Å². The maximum Gasteiger partial charge on any atom is 0.425 e. The molecule has 2 atom stereocenters. The summed E-state index contributed by atoms with van der Waals surface area (Å²) in [4.78, 5) is 47.7. The van der Waals surface area contributed by atoms with Crippen LogP contribution in [0.5, 0.6) is 0 Å². The highest BCUT2D eigenvalue weighted by Crippen LogP contribution is 2.37. The molecule has 0 spiro atoms. The molecule has 3 aromatic carbocycles. The van der Waals surface area contributed by atoms with Gasteiger partial charge in [0.2, 0.25) is 5.91 Å². The standard InChI is InChI=1S/C42H52FN5O8S/c1-24-18-27(10-14-32(24)25(2)23-49)36(38(50)47(9)22-28-19-29(44)11-15-34(28)57(53,54)31-12-13-31)46-30-20-26-16-17-45-37(35(26)33(43)21-30)48(39(51)55-41(3,4)5)40(52)56-42(6,7)8/h10-11,14-21,25,31,36,46,49H,12-13,22-23,44H2,1-9H3. The molecule has 1 fully saturated rings. The van der Waals surface area contributed by atoms with Gasteiger partial charge in [-0.3, -0.25) is 4.79 Å². The number of aliphatic hydroxyl groups excluding tert-OH is 1. The Kier molecular flexibility index (Phi) is 12.3. The molecule has 4 N–H and O–H groups in total. The van der Waals surface area contributed by atoms with Crippen molar-refractivity contribution in [1.82, 2.24) is 9.88 Å². The first-order valence-electron chi connectivity index (χ1n) is 18.7. The largest absolute Gasteiger partial charge is 0.443 e. The molecule has 0 bridgehead atoms. The van der Waals surface area contributed by atoms with Crippen molar-refractivity contribution in [3.05, 3.63) is 88.9 Å². The van der Waals surface area contributed by atoms with E-state index in [2.05, 4.69) is 10.3 Å². The van der Waals surface area contributed by atoms with Gasteiger partial charge in [-0.15, -0.1) is 0 Å². The molecule has 57 heavy (non-hydrogen) atoms. The molecule has 15 heteroatoms. The number of hydrogen-bond acceptors (Lipinski definition) is 11. The lowest BCUT2D eigenvalue weighted by Crippen LogP contribution is -2.44. The van der Waals surface area contributed by atoms with Crippen LogP contribution in [0.4, 0.5) is 31.2 Å². The number of halogens is 1. The highest BCUT2D eigenvalue weighted by molar-refractivity contribution is 7.92. The molecule has 1 saturated carbocycles. The van der Waals surface area contributed by atoms with Gasteiger partial charge in [0.1, 0.15) is 23.1 Å². The number of imide groups is 1. The van der Waals surface area contributed by atoms with Gasteiger partial charge in [0.25, 0.3) is 0 Å². The number of rotatable bonds is 11. The Morgan fingerprint density at radius 2 is 1.61 bits per heavy atom. The second kappa shape index (κ2) is 16.3. The predicted octanol–water partition coefficient (Wildman–Crippen LogP) is 7.78. The van der Waals surface area contributed by atoms with Gasteiger partial charge in [-0.05, 0) is 125 Å². The van der Waals surface area contributed by atoms with Crippen LogP contribution in [0.3, 0.4) is 0 Å². The predicted molar refractivity (Wildman–Crippen MR) is 217 cm³/mol. The lowest BCUT2D eigenvalue weighted by molar-refractivity contribution is -0.131. The normalized spacial score (nSPS) is 14.4. The van der Waals surface area contributed by atoms with Crippen molar-refractivity contribution < 1.29 is 41.8 Å². The molecule has 3 amide bonds. The number of nitrogen functional groups attached to an aromatic ring is 1. The zero-order valence-corrected chi connectivity index (χ0v) is 34.7. The van der Waals surface area contributed by atoms with E-state index in [1.54, 1.807) is 66.8 Å². The highest BCUT2D eigenvalue weighted by atomic mass is 32.2. The third kappa shape index (κ3) is 10.0. The van der Waals surface area contributed by atoms with Crippen LogP contribution < -0.4 is 16.0 Å². The number of nitrogens with two attached hydrogens (primary N) is 1. The van der Waals surface area contributed by atoms with Gasteiger partial charge in [-0.25, -0.2) is 27.4 Å². The number of likely N-dealkylation sites (N-methyl/N-ethyl adjacent to an activating group) is 1. The molecule has 1 heterocycles. The van der Waals surface area contributed by atoms with Crippen LogP contribution in [0.1, 0.15) is 95.5 Å². The minimum Gasteiger partial charge on any atom is -0.443 e. The number of carbonyl (C=O) groups is 3. The maximum atomic E-state index is 16.5. The molecule has 0 aliphatic heterocycles. The summed E-state index contributed by atoms with van der Waals surface area (Å²) in [5.41, 5.74) is 7.17. The fourth-order valence-corrected chi connectivity index (χ4v) is 8.32. The van der Waals surface area contributed by atoms with E-state index in [1.807, 2.05) is 26.0 Å². The summed E-state index contributed by atoms with van der Waals surface area (Å²) in [6.07, 6.45) is 0.209. The zero-order valence-electron chi connectivity index (χ0n) is 33.8. The summed E-state index contributed by atoms with van der Waals surface area (Å²) in [5.74, 6) is -1.85. The van der Waals surface area contributed by atoms with E-state index in [-0.39, 0.29) is 46.2 Å². The van der Waals surface area contributed by atoms with Crippen molar-refractivity contribution in [1.29, 1.82) is 0 Å². The molecule has 13 nitrogen and oxygen atoms in total. The summed E-state index contributed by atoms with van der Waals surface area (Å²) in [5, 5.41) is 12.6. The molecule has 0 radical (unpaired) electrons. The molecular formula is C42H52FN5O8S. The Morgan fingerprint density at radius 3 is 2.18 bits per heavy atom. The lowest BCUT2D eigenvalue weighted by atomic mass is 9.93. The monoisotopic (exact) mass is 805 g/mol. The molecule has 2 unspecified atom stereocenters. The van der Waals surface area contributed by atoms with Gasteiger partial charge in [0.15, 0.2) is 15.7 Å². The summed E-state index contributed by atoms with van der Waals surface area (Å²) in [6.45, 7) is 13.3. The van der Waals surface area contributed by atoms with E-state index >= 15 is 4.39 Å². The third-order valence-electron chi connectivity index (χ3n) is 9.29. The van der Waals surface area contributed by atoms with E-state index in [1.165, 1.54) is 29.3 Å². The molecule has 4 aromatic rings. The van der Waals surface area contributed by atoms with Gasteiger partial charge in [0, 0.05) is 43.7 Å². The van der Waals surface area contributed by atoms with Gasteiger partial charge in [-0.1, -0.05) is 25.1 Å². The first-order chi connectivity index (χ1) is 26.5. The smallest absolute Gasteiger partial charge is 0.425 e. The van der Waals surface area contributed by atoms with Crippen LogP contribution >= 0.6 is 0 Å². The average molecular weight is 806 g/mol. The first-order valence-corrected chi connectivity index (χ1v) is 20.2. The van der Waals surface area contributed by atoms with Gasteiger partial charge in [-0.2, -0.15) is 4.90 Å². The van der Waals surface area contributed by atoms with Crippen molar-refractivity contribution in [2.75, 3.05) is 29.6 Å². The fourth-order valence-electron chi connectivity index (χ4n) is 6.46. The number of aromatic nitrogens is 1. The van der Waals surface area contributed by atoms with Crippen molar-refractivity contribution in [3.63, 3.8) is 0 Å². The molecule has 0 saturated heterocycles. The van der Waals surface area contributed by atoms with Crippen LogP contribution in [-0.4, -0.2) is 71.6 Å². The van der Waals surface area contributed by atoms with Crippen molar-refractivity contribution in [2.24, 2.45) is 0 Å². The number of aliphatic hydroxyl groups is 1. The number of carbonyl (C=O) groups excluding carboxylic acids is 3. The minimum atomic E-state index is -3.63. The van der Waals surface area contributed by atoms with Crippen molar-refractivity contribution in [3.8, 4) is 0 Å². The number of nitrogens with one attached hydrogen (secondary N) is 1. The number of ether oxygens (including phenoxy) is 2. The lowest BCUT2D eigenvalue weighted by Gasteiger charge is -2.29. The topological polar surface area (TPSA) is 181 Å². The minimum absolute atomic E-state index is 0.0810. The number of sulfone groups is 1. The van der Waals surface area contributed by atoms with E-state index in [9.17, 15) is 27.9 Å². The number of anilines is 3. The summed E-state index contributed by atoms with van der Waals surface area (Å²) < 4.78 is 54.2. The number of hydrogen-bond donors (Lipinski definition) is 3. The van der Waals surface area contributed by atoms with E-state index in [4.69, 9.17) is 15.2 Å². The first kappa shape index (κ1) is 42.9. The van der Waals surface area contributed by atoms with Crippen molar-refractivity contribution in [2.45, 2.75) is 108 Å². The Balaban J connectivity index is 1.57. The molecule has 306 valence electrons. The van der Waals surface area contributed by atoms with Gasteiger partial charge >= 0.3 is 12.2 Å². The van der Waals surface area contributed by atoms with Gasteiger partial charge < -0.3 is 30.5 Å². The number of aryl methyl sites for hydroxylation is 1. The van der Waals surface area contributed by atoms with E-state index in [0.29, 0.717) is 34.6 Å². The maximum absolute atomic E-state index is 16.5. The molecule has 5 rings (SSSR count). The second-order valence-electron chi connectivity index (χ2n) is 16.6. The van der Waals surface area contributed by atoms with Gasteiger partial charge in [0.05, 0.1) is 15.5 Å². The average Bonchev–Trinajstić information content (AvgIpc) is 3.95. The summed E-state index contributed by atoms with van der Waals surface area (Å²) in [7, 11) is -2.08. The Bertz CT molecular complexity index is 2270. The van der Waals surface area contributed by atoms with Crippen LogP contribution in [0.15, 0.2) is 65.7 Å². The number of benzene rings is 3. The SMILES string of the molecule is Cc1cc(C(Nc2cc(F)c3c(N(C(=O)OC(C)(C)C)C(=O)OC(C)(C)C)nccc3c2)C(=O)N(C)Cc2cc(N)ccc2S(=O)(=O)C2CC2)ccc1C(C)CO. The Morgan fingerprint density at radius 1 is 0.982 bits per heavy atom. The van der Waals surface area contributed by atoms with Crippen molar-refractivity contribution >= 4 is 55.9 Å². The number of pyridine rings is 1. The van der Waals surface area contributed by atoms with Crippen LogP contribution in [-0.2, 0) is 30.7 Å². The number of amides is 3. The Hall–Kier alpha value is -5.28. The zero-order chi connectivity index (χ0) is 42.2. The highest BCUT2D eigenvalue weighted by Gasteiger charge is 2.39. The molecule has 1 aliphatic rings. The summed E-state index contributed by atoms with van der Waals surface area (Å²) in [6, 6.07) is 13.0. The second-order valence-corrected chi connectivity index (χ2v) is 18.8. The van der Waals surface area contributed by atoms with Crippen LogP contribution in [0.2, 0.25) is 0 Å². The fraction of sp³-hybridized carbons (Fsp3) is 0.429. The quantitative estimate of drug-likeness (QED) is 0.126. The van der Waals surface area contributed by atoms with E-state index in [0.717, 1.165) is 17.2 Å². The number of fused-ring (bicyclic) bond motifs is 1. The summed E-state index contributed by atoms with van der Waals surface area (Å²) >= 11 is 0. The van der Waals surface area contributed by atoms with Crippen LogP contribution in [0.25, 0.3) is 10.8 Å². The third-order valence-corrected chi connectivity index (χ3v) is 11.6.